The second-order valence-corrected chi connectivity index (χ2v) is 7.60. The Morgan fingerprint density at radius 1 is 1.33 bits per heavy atom. The van der Waals surface area contributed by atoms with E-state index in [2.05, 4.69) is 9.88 Å². The van der Waals surface area contributed by atoms with Gasteiger partial charge >= 0.3 is 0 Å². The average molecular weight is 308 g/mol. The van der Waals surface area contributed by atoms with Gasteiger partial charge in [0.15, 0.2) is 0 Å². The van der Waals surface area contributed by atoms with Gasteiger partial charge in [-0.15, -0.1) is 11.3 Å². The van der Waals surface area contributed by atoms with Crippen LogP contribution in [0.15, 0.2) is 11.6 Å². The van der Waals surface area contributed by atoms with Crippen LogP contribution in [0.1, 0.15) is 30.7 Å². The summed E-state index contributed by atoms with van der Waals surface area (Å²) in [5.41, 5.74) is 0. The van der Waals surface area contributed by atoms with Crippen molar-refractivity contribution < 1.29 is 9.47 Å². The topological polar surface area (TPSA) is 34.6 Å². The summed E-state index contributed by atoms with van der Waals surface area (Å²) in [5.74, 6) is 1.54. The van der Waals surface area contributed by atoms with E-state index in [1.165, 1.54) is 32.2 Å². The van der Waals surface area contributed by atoms with E-state index in [9.17, 15) is 0 Å². The summed E-state index contributed by atoms with van der Waals surface area (Å²) in [6, 6.07) is 0.646. The van der Waals surface area contributed by atoms with E-state index in [0.29, 0.717) is 24.7 Å². The van der Waals surface area contributed by atoms with Crippen molar-refractivity contribution in [1.82, 2.24) is 9.88 Å². The number of morpholine rings is 1. The van der Waals surface area contributed by atoms with E-state index in [1.54, 1.807) is 11.3 Å². The summed E-state index contributed by atoms with van der Waals surface area (Å²) >= 11 is 1.67. The highest BCUT2D eigenvalue weighted by molar-refractivity contribution is 7.09. The fourth-order valence-corrected chi connectivity index (χ4v) is 4.35. The van der Waals surface area contributed by atoms with Gasteiger partial charge < -0.3 is 9.47 Å². The third-order valence-electron chi connectivity index (χ3n) is 5.07. The van der Waals surface area contributed by atoms with Crippen LogP contribution in [0.3, 0.4) is 0 Å². The predicted octanol–water partition coefficient (Wildman–Crippen LogP) is 2.55. The fraction of sp³-hybridized carbons (Fsp3) is 0.812. The molecule has 3 aliphatic rings. The highest BCUT2D eigenvalue weighted by atomic mass is 32.1. The van der Waals surface area contributed by atoms with E-state index in [0.717, 1.165) is 30.7 Å². The second kappa shape index (κ2) is 6.32. The zero-order valence-corrected chi connectivity index (χ0v) is 13.3. The Balaban J connectivity index is 1.28. The highest BCUT2D eigenvalue weighted by Crippen LogP contribution is 2.38. The molecule has 0 spiro atoms. The number of fused-ring (bicyclic) bond motifs is 1. The third kappa shape index (κ3) is 3.31. The van der Waals surface area contributed by atoms with Gasteiger partial charge in [-0.1, -0.05) is 0 Å². The van der Waals surface area contributed by atoms with Crippen molar-refractivity contribution in [2.75, 3.05) is 26.3 Å². The molecule has 1 saturated heterocycles. The maximum atomic E-state index is 6.10. The Hall–Kier alpha value is -0.490. The molecule has 5 heteroatoms. The molecular formula is C16H24N2O2S. The van der Waals surface area contributed by atoms with Crippen molar-refractivity contribution in [2.24, 2.45) is 11.8 Å². The summed E-state index contributed by atoms with van der Waals surface area (Å²) in [5, 5.41) is 3.08. The molecule has 2 heterocycles. The number of ether oxygens (including phenoxy) is 2. The molecule has 0 N–H and O–H groups in total. The highest BCUT2D eigenvalue weighted by Gasteiger charge is 2.43. The number of hydrogen-bond acceptors (Lipinski definition) is 5. The van der Waals surface area contributed by atoms with E-state index >= 15 is 0 Å². The number of nitrogens with zero attached hydrogens (tertiary/aromatic N) is 2. The molecule has 3 fully saturated rings. The van der Waals surface area contributed by atoms with Crippen molar-refractivity contribution in [3.63, 3.8) is 0 Å². The van der Waals surface area contributed by atoms with Gasteiger partial charge in [0.25, 0.3) is 0 Å². The zero-order valence-electron chi connectivity index (χ0n) is 12.4. The molecule has 0 amide bonds. The monoisotopic (exact) mass is 308 g/mol. The molecule has 1 aliphatic heterocycles. The van der Waals surface area contributed by atoms with E-state index < -0.39 is 0 Å². The van der Waals surface area contributed by atoms with Gasteiger partial charge in [0.05, 0.1) is 25.9 Å². The van der Waals surface area contributed by atoms with Crippen molar-refractivity contribution in [3.8, 4) is 0 Å². The zero-order chi connectivity index (χ0) is 14.1. The normalized spacial score (nSPS) is 33.2. The maximum Gasteiger partial charge on any atom is 0.118 e. The number of rotatable bonds is 6. The summed E-state index contributed by atoms with van der Waals surface area (Å²) in [7, 11) is 0. The Bertz CT molecular complexity index is 449. The first kappa shape index (κ1) is 14.1. The van der Waals surface area contributed by atoms with Crippen LogP contribution in [0.2, 0.25) is 0 Å². The lowest BCUT2D eigenvalue weighted by atomic mass is 10.0. The molecule has 116 valence electrons. The molecule has 2 saturated carbocycles. The Morgan fingerprint density at radius 3 is 3.10 bits per heavy atom. The molecule has 0 aromatic carbocycles. The Kier molecular flexibility index (Phi) is 4.25. The van der Waals surface area contributed by atoms with E-state index in [-0.39, 0.29) is 0 Å². The molecule has 4 nitrogen and oxygen atoms in total. The molecule has 0 bridgehead atoms. The van der Waals surface area contributed by atoms with Crippen molar-refractivity contribution in [3.05, 3.63) is 16.6 Å². The minimum absolute atomic E-state index is 0.397. The quantitative estimate of drug-likeness (QED) is 0.809. The molecule has 2 aliphatic carbocycles. The third-order valence-corrected chi connectivity index (χ3v) is 5.82. The Labute approximate surface area is 130 Å². The van der Waals surface area contributed by atoms with Gasteiger partial charge in [-0.25, -0.2) is 4.98 Å². The minimum atomic E-state index is 0.397. The van der Waals surface area contributed by atoms with Gasteiger partial charge in [-0.3, -0.25) is 4.90 Å². The van der Waals surface area contributed by atoms with Crippen LogP contribution >= 0.6 is 11.3 Å². The standard InChI is InChI=1S/C16H24N2O2S/c1-2-12(1)9-18-6-7-20-16-13(3-4-14(16)18)10-19-11-15-17-5-8-21-15/h5,8,12-14,16H,1-4,6-7,9-11H2/t13-,14+,16+/m0/s1. The largest absolute Gasteiger partial charge is 0.375 e. The molecule has 0 radical (unpaired) electrons. The van der Waals surface area contributed by atoms with Gasteiger partial charge in [0.1, 0.15) is 5.01 Å². The van der Waals surface area contributed by atoms with E-state index in [1.807, 2.05) is 11.6 Å². The second-order valence-electron chi connectivity index (χ2n) is 6.62. The fourth-order valence-electron chi connectivity index (χ4n) is 3.80. The van der Waals surface area contributed by atoms with Crippen LogP contribution in [-0.2, 0) is 16.1 Å². The van der Waals surface area contributed by atoms with Crippen LogP contribution in [0, 0.1) is 11.8 Å². The average Bonchev–Trinajstić information content (AvgIpc) is 3.01. The SMILES string of the molecule is c1csc(COC[C@@H]2CC[C@@H]3[C@@H]2OCCN3CC2CC2)n1. The Morgan fingerprint density at radius 2 is 2.29 bits per heavy atom. The minimum Gasteiger partial charge on any atom is -0.375 e. The molecule has 21 heavy (non-hydrogen) atoms. The van der Waals surface area contributed by atoms with E-state index in [4.69, 9.17) is 9.47 Å². The van der Waals surface area contributed by atoms with Crippen LogP contribution in [0.25, 0.3) is 0 Å². The van der Waals surface area contributed by atoms with Crippen LogP contribution in [-0.4, -0.2) is 48.3 Å². The van der Waals surface area contributed by atoms with Gasteiger partial charge in [0.2, 0.25) is 0 Å². The predicted molar refractivity (Wildman–Crippen MR) is 82.3 cm³/mol. The van der Waals surface area contributed by atoms with Gasteiger partial charge in [-0.05, 0) is 31.6 Å². The van der Waals surface area contributed by atoms with Crippen LogP contribution in [0.5, 0.6) is 0 Å². The smallest absolute Gasteiger partial charge is 0.118 e. The molecule has 1 aromatic rings. The lowest BCUT2D eigenvalue weighted by Gasteiger charge is -2.39. The van der Waals surface area contributed by atoms with Crippen molar-refractivity contribution in [1.29, 1.82) is 0 Å². The maximum absolute atomic E-state index is 6.10. The van der Waals surface area contributed by atoms with Crippen molar-refractivity contribution in [2.45, 2.75) is 44.4 Å². The molecule has 4 rings (SSSR count). The lowest BCUT2D eigenvalue weighted by Crippen LogP contribution is -2.51. The first-order valence-electron chi connectivity index (χ1n) is 8.22. The number of aromatic nitrogens is 1. The molecular weight excluding hydrogens is 284 g/mol. The summed E-state index contributed by atoms with van der Waals surface area (Å²) in [6.45, 7) is 4.80. The molecule has 1 aromatic heterocycles. The lowest BCUT2D eigenvalue weighted by molar-refractivity contribution is -0.0876. The summed E-state index contributed by atoms with van der Waals surface area (Å²) < 4.78 is 12.0. The first-order valence-corrected chi connectivity index (χ1v) is 9.10. The van der Waals surface area contributed by atoms with Gasteiger partial charge in [-0.2, -0.15) is 0 Å². The molecule has 0 unspecified atom stereocenters. The van der Waals surface area contributed by atoms with Crippen LogP contribution in [0.4, 0.5) is 0 Å². The first-order chi connectivity index (χ1) is 10.4. The number of thiazole rings is 1. The summed E-state index contributed by atoms with van der Waals surface area (Å²) in [6.07, 6.45) is 7.64. The van der Waals surface area contributed by atoms with Crippen LogP contribution < -0.4 is 0 Å². The van der Waals surface area contributed by atoms with Crippen molar-refractivity contribution >= 4 is 11.3 Å². The van der Waals surface area contributed by atoms with Gasteiger partial charge in [0, 0.05) is 36.6 Å². The number of hydrogen-bond donors (Lipinski definition) is 0. The molecule has 3 atom stereocenters. The summed E-state index contributed by atoms with van der Waals surface area (Å²) in [4.78, 5) is 6.97.